The second kappa shape index (κ2) is 8.99. The maximum Gasteiger partial charge on any atom is 0.258 e. The van der Waals surface area contributed by atoms with Crippen LogP contribution in [0.5, 0.6) is 5.75 Å². The third-order valence-corrected chi connectivity index (χ3v) is 5.59. The minimum atomic E-state index is -0.543. The first-order chi connectivity index (χ1) is 14.9. The number of nitrogens with two attached hydrogens (primary N) is 1. The molecule has 0 aliphatic carbocycles. The van der Waals surface area contributed by atoms with Gasteiger partial charge in [0, 0.05) is 25.4 Å². The highest BCUT2D eigenvalue weighted by Gasteiger charge is 2.25. The number of aromatic amines is 1. The number of hydrogen-bond donors (Lipinski definition) is 2. The smallest absolute Gasteiger partial charge is 0.258 e. The molecule has 1 aromatic carbocycles. The number of aromatic nitrogens is 3. The standard InChI is InChI=1S/C21H21ClFN5O3/c22-15-8-13(3-4-16(15)23)31-11-18-26-19-14(21(30)27-18)5-6-25-17(19)10-28-7-1-2-12(9-28)20(24)29/h3-6,8,12H,1-2,7,9-11H2,(H2,24,29)(H,26,27,30). The Labute approximate surface area is 182 Å². The Kier molecular flexibility index (Phi) is 6.15. The molecule has 10 heteroatoms. The van der Waals surface area contributed by atoms with Crippen molar-refractivity contribution in [3.05, 3.63) is 63.2 Å². The van der Waals surface area contributed by atoms with Crippen LogP contribution in [0.25, 0.3) is 10.9 Å². The van der Waals surface area contributed by atoms with Gasteiger partial charge >= 0.3 is 0 Å². The number of amides is 1. The Bertz CT molecular complexity index is 1190. The second-order valence-electron chi connectivity index (χ2n) is 7.51. The number of nitrogens with zero attached hydrogens (tertiary/aromatic N) is 3. The van der Waals surface area contributed by atoms with E-state index in [9.17, 15) is 14.0 Å². The summed E-state index contributed by atoms with van der Waals surface area (Å²) in [7, 11) is 0. The number of likely N-dealkylation sites (tertiary alicyclic amines) is 1. The van der Waals surface area contributed by atoms with Crippen molar-refractivity contribution in [1.29, 1.82) is 0 Å². The summed E-state index contributed by atoms with van der Waals surface area (Å²) in [4.78, 5) is 37.9. The van der Waals surface area contributed by atoms with Gasteiger partial charge in [-0.05, 0) is 37.6 Å². The van der Waals surface area contributed by atoms with Gasteiger partial charge in [0.15, 0.2) is 0 Å². The van der Waals surface area contributed by atoms with Crippen LogP contribution >= 0.6 is 11.6 Å². The molecule has 1 unspecified atom stereocenters. The molecule has 0 bridgehead atoms. The zero-order chi connectivity index (χ0) is 22.0. The van der Waals surface area contributed by atoms with Crippen LogP contribution in [0.1, 0.15) is 24.4 Å². The number of ether oxygens (including phenoxy) is 1. The molecule has 8 nitrogen and oxygen atoms in total. The first kappa shape index (κ1) is 21.2. The summed E-state index contributed by atoms with van der Waals surface area (Å²) in [6, 6.07) is 5.61. The monoisotopic (exact) mass is 445 g/mol. The van der Waals surface area contributed by atoms with Gasteiger partial charge in [-0.15, -0.1) is 0 Å². The van der Waals surface area contributed by atoms with Crippen LogP contribution in [0.3, 0.4) is 0 Å². The van der Waals surface area contributed by atoms with Gasteiger partial charge in [0.25, 0.3) is 5.56 Å². The van der Waals surface area contributed by atoms with Gasteiger partial charge in [0.05, 0.1) is 22.0 Å². The van der Waals surface area contributed by atoms with Crippen molar-refractivity contribution in [1.82, 2.24) is 19.9 Å². The highest BCUT2D eigenvalue weighted by molar-refractivity contribution is 6.30. The fourth-order valence-corrected chi connectivity index (χ4v) is 3.88. The molecule has 3 heterocycles. The third kappa shape index (κ3) is 4.83. The van der Waals surface area contributed by atoms with Crippen molar-refractivity contribution in [3.8, 4) is 5.75 Å². The summed E-state index contributed by atoms with van der Waals surface area (Å²) in [6.45, 7) is 1.78. The van der Waals surface area contributed by atoms with E-state index in [0.717, 1.165) is 19.4 Å². The number of nitrogens with one attached hydrogen (secondary N) is 1. The minimum absolute atomic E-state index is 0.0328. The van der Waals surface area contributed by atoms with Crippen LogP contribution in [0.15, 0.2) is 35.3 Å². The number of piperidine rings is 1. The topological polar surface area (TPSA) is 114 Å². The first-order valence-corrected chi connectivity index (χ1v) is 10.2. The molecule has 1 saturated heterocycles. The minimum Gasteiger partial charge on any atom is -0.486 e. The highest BCUT2D eigenvalue weighted by atomic mass is 35.5. The van der Waals surface area contributed by atoms with Gasteiger partial charge in [-0.1, -0.05) is 11.6 Å². The summed E-state index contributed by atoms with van der Waals surface area (Å²) in [5.41, 5.74) is 6.28. The predicted octanol–water partition coefficient (Wildman–Crippen LogP) is 2.39. The Morgan fingerprint density at radius 3 is 3.00 bits per heavy atom. The molecular formula is C21H21ClFN5O3. The van der Waals surface area contributed by atoms with Crippen molar-refractivity contribution in [2.45, 2.75) is 26.0 Å². The SMILES string of the molecule is NC(=O)C1CCCN(Cc2nccc3c(=O)[nH]c(COc4ccc(F)c(Cl)c4)nc23)C1. The Hall–Kier alpha value is -3.04. The number of carbonyl (C=O) groups is 1. The van der Waals surface area contributed by atoms with Gasteiger partial charge in [-0.25, -0.2) is 9.37 Å². The van der Waals surface area contributed by atoms with E-state index in [1.54, 1.807) is 12.3 Å². The van der Waals surface area contributed by atoms with E-state index < -0.39 is 5.82 Å². The zero-order valence-electron chi connectivity index (χ0n) is 16.6. The number of rotatable bonds is 6. The summed E-state index contributed by atoms with van der Waals surface area (Å²) < 4.78 is 18.9. The number of primary amides is 1. The lowest BCUT2D eigenvalue weighted by Crippen LogP contribution is -2.40. The van der Waals surface area contributed by atoms with Crippen LogP contribution in [0.2, 0.25) is 5.02 Å². The Morgan fingerprint density at radius 1 is 1.39 bits per heavy atom. The molecule has 3 N–H and O–H groups in total. The van der Waals surface area contributed by atoms with Gasteiger partial charge in [-0.2, -0.15) is 0 Å². The van der Waals surface area contributed by atoms with Crippen molar-refractivity contribution in [2.24, 2.45) is 11.7 Å². The van der Waals surface area contributed by atoms with E-state index in [4.69, 9.17) is 22.1 Å². The lowest BCUT2D eigenvalue weighted by molar-refractivity contribution is -0.123. The fraction of sp³-hybridized carbons (Fsp3) is 0.333. The molecular weight excluding hydrogens is 425 g/mol. The molecule has 2 aromatic heterocycles. The van der Waals surface area contributed by atoms with Gasteiger partial charge in [-0.3, -0.25) is 19.5 Å². The van der Waals surface area contributed by atoms with E-state index in [-0.39, 0.29) is 29.0 Å². The molecule has 1 aliphatic rings. The highest BCUT2D eigenvalue weighted by Crippen LogP contribution is 2.22. The van der Waals surface area contributed by atoms with Gasteiger partial charge in [0.2, 0.25) is 5.91 Å². The number of carbonyl (C=O) groups excluding carboxylic acids is 1. The molecule has 3 aromatic rings. The van der Waals surface area contributed by atoms with Crippen LogP contribution < -0.4 is 16.0 Å². The van der Waals surface area contributed by atoms with Crippen LogP contribution in [0.4, 0.5) is 4.39 Å². The molecule has 0 spiro atoms. The number of halogens is 2. The molecule has 4 rings (SSSR count). The van der Waals surface area contributed by atoms with E-state index in [0.29, 0.717) is 41.3 Å². The van der Waals surface area contributed by atoms with Crippen LogP contribution in [-0.4, -0.2) is 38.8 Å². The summed E-state index contributed by atoms with van der Waals surface area (Å²) in [6.07, 6.45) is 3.22. The van der Waals surface area contributed by atoms with E-state index >= 15 is 0 Å². The maximum absolute atomic E-state index is 13.3. The number of fused-ring (bicyclic) bond motifs is 1. The Morgan fingerprint density at radius 2 is 2.23 bits per heavy atom. The number of H-pyrrole nitrogens is 1. The van der Waals surface area contributed by atoms with E-state index in [2.05, 4.69) is 19.9 Å². The predicted molar refractivity (Wildman–Crippen MR) is 113 cm³/mol. The number of pyridine rings is 1. The average molecular weight is 446 g/mol. The summed E-state index contributed by atoms with van der Waals surface area (Å²) in [5, 5.41) is 0.363. The molecule has 162 valence electrons. The first-order valence-electron chi connectivity index (χ1n) is 9.87. The molecule has 1 aliphatic heterocycles. The molecule has 0 saturated carbocycles. The van der Waals surface area contributed by atoms with Crippen molar-refractivity contribution < 1.29 is 13.9 Å². The van der Waals surface area contributed by atoms with Crippen LogP contribution in [0, 0.1) is 11.7 Å². The summed E-state index contributed by atoms with van der Waals surface area (Å²) >= 11 is 5.77. The lowest BCUT2D eigenvalue weighted by atomic mass is 9.97. The Balaban J connectivity index is 1.57. The maximum atomic E-state index is 13.3. The zero-order valence-corrected chi connectivity index (χ0v) is 17.4. The molecule has 1 fully saturated rings. The lowest BCUT2D eigenvalue weighted by Gasteiger charge is -2.30. The van der Waals surface area contributed by atoms with Crippen molar-refractivity contribution in [3.63, 3.8) is 0 Å². The molecule has 0 radical (unpaired) electrons. The average Bonchev–Trinajstić information content (AvgIpc) is 2.75. The van der Waals surface area contributed by atoms with Crippen molar-refractivity contribution in [2.75, 3.05) is 13.1 Å². The normalized spacial score (nSPS) is 17.0. The summed E-state index contributed by atoms with van der Waals surface area (Å²) in [5.74, 6) is -0.373. The molecule has 1 amide bonds. The van der Waals surface area contributed by atoms with Gasteiger partial charge < -0.3 is 15.5 Å². The molecule has 1 atom stereocenters. The van der Waals surface area contributed by atoms with Gasteiger partial charge in [0.1, 0.15) is 29.5 Å². The number of benzene rings is 1. The van der Waals surface area contributed by atoms with Crippen molar-refractivity contribution >= 4 is 28.4 Å². The third-order valence-electron chi connectivity index (χ3n) is 5.30. The van der Waals surface area contributed by atoms with E-state index in [1.807, 2.05) is 0 Å². The fourth-order valence-electron chi connectivity index (χ4n) is 3.71. The van der Waals surface area contributed by atoms with Crippen LogP contribution in [-0.2, 0) is 17.9 Å². The quantitative estimate of drug-likeness (QED) is 0.602. The largest absolute Gasteiger partial charge is 0.486 e. The second-order valence-corrected chi connectivity index (χ2v) is 7.91. The van der Waals surface area contributed by atoms with E-state index in [1.165, 1.54) is 18.2 Å². The number of hydrogen-bond acceptors (Lipinski definition) is 6. The molecule has 31 heavy (non-hydrogen) atoms.